The number of rotatable bonds is 6. The third-order valence-corrected chi connectivity index (χ3v) is 5.81. The number of nitrogens with zero attached hydrogens (tertiary/aromatic N) is 3. The number of hydrogen-bond acceptors (Lipinski definition) is 4. The largest absolute Gasteiger partial charge is 0.479 e. The van der Waals surface area contributed by atoms with Crippen LogP contribution in [0.3, 0.4) is 0 Å². The van der Waals surface area contributed by atoms with Crippen molar-refractivity contribution >= 4 is 12.1 Å². The average Bonchev–Trinajstić information content (AvgIpc) is 3.29. The van der Waals surface area contributed by atoms with Gasteiger partial charge in [0, 0.05) is 31.8 Å². The summed E-state index contributed by atoms with van der Waals surface area (Å²) >= 11 is 0. The van der Waals surface area contributed by atoms with E-state index in [-0.39, 0.29) is 12.5 Å². The molecule has 4 rings (SSSR count). The van der Waals surface area contributed by atoms with Gasteiger partial charge in [0.15, 0.2) is 6.04 Å². The molecule has 3 aromatic rings. The number of fused-ring (bicyclic) bond motifs is 3. The third-order valence-electron chi connectivity index (χ3n) is 5.81. The number of hydrogen-bond donors (Lipinski definition) is 1. The maximum absolute atomic E-state index is 12.9. The normalized spacial score (nSPS) is 13.4. The molecule has 2 aromatic carbocycles. The van der Waals surface area contributed by atoms with Crippen LogP contribution in [0.1, 0.15) is 41.3 Å². The van der Waals surface area contributed by atoms with Crippen LogP contribution in [0.2, 0.25) is 0 Å². The van der Waals surface area contributed by atoms with Crippen LogP contribution in [0.25, 0.3) is 11.1 Å². The maximum Gasteiger partial charge on any atom is 0.410 e. The van der Waals surface area contributed by atoms with E-state index in [2.05, 4.69) is 17.2 Å². The molecule has 1 aliphatic carbocycles. The quantitative estimate of drug-likeness (QED) is 0.653. The number of carboxylic acid groups (broad SMARTS) is 1. The van der Waals surface area contributed by atoms with Crippen LogP contribution in [0.15, 0.2) is 54.7 Å². The number of carboxylic acids is 1. The molecule has 1 atom stereocenters. The average molecular weight is 419 g/mol. The summed E-state index contributed by atoms with van der Waals surface area (Å²) in [5.74, 6) is -1.21. The summed E-state index contributed by atoms with van der Waals surface area (Å²) in [6.07, 6.45) is 1.53. The van der Waals surface area contributed by atoms with Gasteiger partial charge in [-0.1, -0.05) is 55.5 Å². The van der Waals surface area contributed by atoms with Crippen molar-refractivity contribution in [2.75, 3.05) is 13.7 Å². The summed E-state index contributed by atoms with van der Waals surface area (Å²) in [5.41, 5.74) is 5.63. The maximum atomic E-state index is 12.9. The number of benzene rings is 2. The lowest BCUT2D eigenvalue weighted by molar-refractivity contribution is -0.142. The van der Waals surface area contributed by atoms with Gasteiger partial charge in [-0.05, 0) is 28.7 Å². The summed E-state index contributed by atoms with van der Waals surface area (Å²) in [6.45, 7) is 2.04. The van der Waals surface area contributed by atoms with E-state index in [4.69, 9.17) is 4.74 Å². The van der Waals surface area contributed by atoms with Gasteiger partial charge in [-0.2, -0.15) is 5.10 Å². The van der Waals surface area contributed by atoms with E-state index in [1.807, 2.05) is 43.3 Å². The Morgan fingerprint density at radius 3 is 2.26 bits per heavy atom. The molecule has 0 saturated carbocycles. The lowest BCUT2D eigenvalue weighted by atomic mass is 9.98. The standard InChI is InChI=1S/C24H25N3O4/c1-4-21-19(13-26(2)25-21)22(23(28)29)27(3)24(30)31-14-20-17-11-7-5-9-15(17)16-10-6-8-12-18(16)20/h5-13,20,22H,4,14H2,1-3H3,(H,28,29). The van der Waals surface area contributed by atoms with Gasteiger partial charge in [0.1, 0.15) is 6.61 Å². The first-order valence-electron chi connectivity index (χ1n) is 10.2. The Balaban J connectivity index is 1.55. The summed E-state index contributed by atoms with van der Waals surface area (Å²) < 4.78 is 7.20. The predicted octanol–water partition coefficient (Wildman–Crippen LogP) is 3.99. The molecule has 0 radical (unpaired) electrons. The van der Waals surface area contributed by atoms with Crippen LogP contribution >= 0.6 is 0 Å². The van der Waals surface area contributed by atoms with Gasteiger partial charge in [-0.3, -0.25) is 9.58 Å². The third kappa shape index (κ3) is 3.67. The summed E-state index contributed by atoms with van der Waals surface area (Å²) in [4.78, 5) is 26.0. The van der Waals surface area contributed by atoms with Gasteiger partial charge in [-0.25, -0.2) is 9.59 Å². The van der Waals surface area contributed by atoms with Crippen molar-refractivity contribution in [3.63, 3.8) is 0 Å². The highest BCUT2D eigenvalue weighted by Crippen LogP contribution is 2.44. The van der Waals surface area contributed by atoms with Crippen LogP contribution in [0, 0.1) is 0 Å². The highest BCUT2D eigenvalue weighted by atomic mass is 16.6. The molecule has 1 aliphatic rings. The van der Waals surface area contributed by atoms with Crippen LogP contribution in [0.5, 0.6) is 0 Å². The van der Waals surface area contributed by atoms with Gasteiger partial charge in [0.2, 0.25) is 0 Å². The van der Waals surface area contributed by atoms with E-state index in [9.17, 15) is 14.7 Å². The molecule has 0 saturated heterocycles. The molecule has 7 heteroatoms. The van der Waals surface area contributed by atoms with Gasteiger partial charge in [0.05, 0.1) is 5.69 Å². The number of amides is 1. The first-order chi connectivity index (χ1) is 14.9. The van der Waals surface area contributed by atoms with E-state index in [1.54, 1.807) is 17.9 Å². The van der Waals surface area contributed by atoms with Crippen molar-refractivity contribution in [1.82, 2.24) is 14.7 Å². The highest BCUT2D eigenvalue weighted by Gasteiger charge is 2.34. The fourth-order valence-electron chi connectivity index (χ4n) is 4.36. The van der Waals surface area contributed by atoms with E-state index in [0.29, 0.717) is 17.7 Å². The zero-order chi connectivity index (χ0) is 22.1. The Hall–Kier alpha value is -3.61. The molecule has 0 spiro atoms. The van der Waals surface area contributed by atoms with Gasteiger partial charge >= 0.3 is 12.1 Å². The van der Waals surface area contributed by atoms with E-state index in [1.165, 1.54) is 7.05 Å². The second-order valence-electron chi connectivity index (χ2n) is 7.71. The lowest BCUT2D eigenvalue weighted by Crippen LogP contribution is -2.37. The van der Waals surface area contributed by atoms with Crippen LogP contribution in [0.4, 0.5) is 4.79 Å². The molecular weight excluding hydrogens is 394 g/mol. The Kier molecular flexibility index (Phi) is 5.50. The second kappa shape index (κ2) is 8.26. The van der Waals surface area contributed by atoms with E-state index >= 15 is 0 Å². The smallest absolute Gasteiger partial charge is 0.410 e. The van der Waals surface area contributed by atoms with Crippen molar-refractivity contribution < 1.29 is 19.4 Å². The molecule has 1 aromatic heterocycles. The highest BCUT2D eigenvalue weighted by molar-refractivity contribution is 5.82. The van der Waals surface area contributed by atoms with Gasteiger partial charge in [0.25, 0.3) is 0 Å². The molecule has 160 valence electrons. The molecule has 1 heterocycles. The molecule has 0 fully saturated rings. The predicted molar refractivity (Wildman–Crippen MR) is 116 cm³/mol. The van der Waals surface area contributed by atoms with Crippen molar-refractivity contribution in [1.29, 1.82) is 0 Å². The molecule has 7 nitrogen and oxygen atoms in total. The number of carbonyl (C=O) groups excluding carboxylic acids is 1. The number of aryl methyl sites for hydroxylation is 2. The van der Waals surface area contributed by atoms with Gasteiger partial charge in [-0.15, -0.1) is 0 Å². The van der Waals surface area contributed by atoms with Crippen LogP contribution < -0.4 is 0 Å². The minimum atomic E-state index is -1.17. The second-order valence-corrected chi connectivity index (χ2v) is 7.71. The Morgan fingerprint density at radius 2 is 1.71 bits per heavy atom. The molecule has 1 N–H and O–H groups in total. The van der Waals surface area contributed by atoms with Gasteiger partial charge < -0.3 is 9.84 Å². The first-order valence-corrected chi connectivity index (χ1v) is 10.2. The van der Waals surface area contributed by atoms with E-state index < -0.39 is 18.1 Å². The molecular formula is C24H25N3O4. The van der Waals surface area contributed by atoms with Crippen molar-refractivity contribution in [3.8, 4) is 11.1 Å². The molecule has 1 amide bonds. The number of ether oxygens (including phenoxy) is 1. The minimum absolute atomic E-state index is 0.0855. The SMILES string of the molecule is CCc1nn(C)cc1C(C(=O)O)N(C)C(=O)OCC1c2ccccc2-c2ccccc21. The molecule has 0 aliphatic heterocycles. The molecule has 31 heavy (non-hydrogen) atoms. The van der Waals surface area contributed by atoms with Crippen molar-refractivity contribution in [2.45, 2.75) is 25.3 Å². The number of aliphatic carboxylic acids is 1. The topological polar surface area (TPSA) is 84.7 Å². The zero-order valence-electron chi connectivity index (χ0n) is 17.8. The molecule has 0 bridgehead atoms. The Morgan fingerprint density at radius 1 is 1.13 bits per heavy atom. The Bertz CT molecular complexity index is 1090. The number of likely N-dealkylation sites (N-methyl/N-ethyl adjacent to an activating group) is 1. The Labute approximate surface area is 180 Å². The fourth-order valence-corrected chi connectivity index (χ4v) is 4.36. The van der Waals surface area contributed by atoms with Crippen LogP contribution in [-0.2, 0) is 23.0 Å². The van der Waals surface area contributed by atoms with Crippen molar-refractivity contribution in [2.24, 2.45) is 7.05 Å². The summed E-state index contributed by atoms with van der Waals surface area (Å²) in [5, 5.41) is 14.1. The fraction of sp³-hybridized carbons (Fsp3) is 0.292. The first kappa shape index (κ1) is 20.7. The van der Waals surface area contributed by atoms with Crippen LogP contribution in [-0.4, -0.2) is 45.5 Å². The minimum Gasteiger partial charge on any atom is -0.479 e. The van der Waals surface area contributed by atoms with Crippen molar-refractivity contribution in [3.05, 3.63) is 77.1 Å². The summed E-state index contributed by atoms with van der Waals surface area (Å²) in [7, 11) is 3.18. The lowest BCUT2D eigenvalue weighted by Gasteiger charge is -2.25. The monoisotopic (exact) mass is 419 g/mol. The number of carbonyl (C=O) groups is 2. The van der Waals surface area contributed by atoms with E-state index in [0.717, 1.165) is 27.2 Å². The zero-order valence-corrected chi connectivity index (χ0v) is 17.8. The summed E-state index contributed by atoms with van der Waals surface area (Å²) in [6, 6.07) is 15.0. The molecule has 1 unspecified atom stereocenters. The number of aromatic nitrogens is 2.